The van der Waals surface area contributed by atoms with Crippen molar-refractivity contribution < 1.29 is 0 Å². The molecule has 1 heterocycles. The van der Waals surface area contributed by atoms with Gasteiger partial charge in [-0.15, -0.1) is 0 Å². The van der Waals surface area contributed by atoms with Crippen LogP contribution >= 0.6 is 31.9 Å². The third-order valence-electron chi connectivity index (χ3n) is 3.23. The van der Waals surface area contributed by atoms with E-state index in [0.717, 1.165) is 21.9 Å². The third kappa shape index (κ3) is 3.32. The highest BCUT2D eigenvalue weighted by atomic mass is 79.9. The van der Waals surface area contributed by atoms with Crippen LogP contribution in [-0.4, -0.2) is 16.8 Å². The summed E-state index contributed by atoms with van der Waals surface area (Å²) in [6, 6.07) is 6.61. The lowest BCUT2D eigenvalue weighted by Crippen LogP contribution is -2.22. The molecule has 0 spiro atoms. The first-order chi connectivity index (χ1) is 9.56. The minimum Gasteiger partial charge on any atom is -0.308 e. The Kier molecular flexibility index (Phi) is 5.41. The van der Waals surface area contributed by atoms with E-state index in [1.165, 1.54) is 16.8 Å². The standard InChI is InChI=1S/C15H19Br2N3/c1-4-5-20-15(13(17)9-19-20)14(18-3)11-6-10(2)7-12(16)8-11/h6-9,14,18H,4-5H2,1-3H3. The Bertz CT molecular complexity index is 573. The zero-order valence-electron chi connectivity index (χ0n) is 12.0. The van der Waals surface area contributed by atoms with Crippen LogP contribution in [0.4, 0.5) is 0 Å². The maximum atomic E-state index is 4.46. The van der Waals surface area contributed by atoms with Crippen molar-refractivity contribution in [3.63, 3.8) is 0 Å². The Labute approximate surface area is 137 Å². The fourth-order valence-electron chi connectivity index (χ4n) is 2.44. The van der Waals surface area contributed by atoms with Gasteiger partial charge < -0.3 is 5.32 Å². The highest BCUT2D eigenvalue weighted by Gasteiger charge is 2.20. The van der Waals surface area contributed by atoms with Crippen molar-refractivity contribution in [1.82, 2.24) is 15.1 Å². The number of hydrogen-bond donors (Lipinski definition) is 1. The maximum absolute atomic E-state index is 4.46. The molecule has 0 radical (unpaired) electrons. The number of rotatable bonds is 5. The molecule has 1 unspecified atom stereocenters. The number of aromatic nitrogens is 2. The molecule has 3 nitrogen and oxygen atoms in total. The van der Waals surface area contributed by atoms with E-state index in [1.807, 2.05) is 13.2 Å². The molecule has 0 amide bonds. The van der Waals surface area contributed by atoms with E-state index in [0.29, 0.717) is 0 Å². The van der Waals surface area contributed by atoms with Gasteiger partial charge in [0, 0.05) is 11.0 Å². The van der Waals surface area contributed by atoms with E-state index in [9.17, 15) is 0 Å². The van der Waals surface area contributed by atoms with Gasteiger partial charge in [-0.1, -0.05) is 28.9 Å². The Morgan fingerprint density at radius 2 is 2.05 bits per heavy atom. The Balaban J connectivity index is 2.49. The van der Waals surface area contributed by atoms with Gasteiger partial charge >= 0.3 is 0 Å². The van der Waals surface area contributed by atoms with Crippen molar-refractivity contribution in [3.05, 3.63) is 50.2 Å². The molecule has 0 aliphatic heterocycles. The minimum atomic E-state index is 0.120. The molecule has 1 N–H and O–H groups in total. The molecule has 2 aromatic rings. The number of nitrogens with zero attached hydrogens (tertiary/aromatic N) is 2. The molecule has 1 aromatic carbocycles. The molecule has 0 bridgehead atoms. The summed E-state index contributed by atoms with van der Waals surface area (Å²) in [6.07, 6.45) is 2.94. The first-order valence-corrected chi connectivity index (χ1v) is 8.31. The highest BCUT2D eigenvalue weighted by Crippen LogP contribution is 2.30. The highest BCUT2D eigenvalue weighted by molar-refractivity contribution is 9.10. The summed E-state index contributed by atoms with van der Waals surface area (Å²) in [6.45, 7) is 5.20. The van der Waals surface area contributed by atoms with Crippen molar-refractivity contribution in [2.75, 3.05) is 7.05 Å². The quantitative estimate of drug-likeness (QED) is 0.804. The summed E-state index contributed by atoms with van der Waals surface area (Å²) < 4.78 is 4.22. The van der Waals surface area contributed by atoms with E-state index >= 15 is 0 Å². The molecule has 0 fully saturated rings. The van der Waals surface area contributed by atoms with Crippen LogP contribution in [0.25, 0.3) is 0 Å². The van der Waals surface area contributed by atoms with Gasteiger partial charge in [0.2, 0.25) is 0 Å². The molecular weight excluding hydrogens is 382 g/mol. The summed E-state index contributed by atoms with van der Waals surface area (Å²) >= 11 is 7.21. The molecular formula is C15H19Br2N3. The van der Waals surface area contributed by atoms with Crippen LogP contribution in [0.5, 0.6) is 0 Å². The normalized spacial score (nSPS) is 12.7. The molecule has 20 heavy (non-hydrogen) atoms. The second kappa shape index (κ2) is 6.87. The van der Waals surface area contributed by atoms with Gasteiger partial charge in [0.05, 0.1) is 22.4 Å². The van der Waals surface area contributed by atoms with Crippen molar-refractivity contribution in [2.24, 2.45) is 0 Å². The molecule has 1 aromatic heterocycles. The number of benzene rings is 1. The van der Waals surface area contributed by atoms with Crippen LogP contribution in [0.3, 0.4) is 0 Å². The SMILES string of the molecule is CCCn1ncc(Br)c1C(NC)c1cc(C)cc(Br)c1. The van der Waals surface area contributed by atoms with E-state index < -0.39 is 0 Å². The summed E-state index contributed by atoms with van der Waals surface area (Å²) in [5.74, 6) is 0. The predicted molar refractivity (Wildman–Crippen MR) is 90.0 cm³/mol. The van der Waals surface area contributed by atoms with Crippen molar-refractivity contribution in [3.8, 4) is 0 Å². The van der Waals surface area contributed by atoms with Gasteiger partial charge in [0.25, 0.3) is 0 Å². The fourth-order valence-corrected chi connectivity index (χ4v) is 3.59. The van der Waals surface area contributed by atoms with Crippen LogP contribution in [0.15, 0.2) is 33.3 Å². The average molecular weight is 401 g/mol. The number of halogens is 2. The topological polar surface area (TPSA) is 29.9 Å². The predicted octanol–water partition coefficient (Wildman–Crippen LogP) is 4.44. The van der Waals surface area contributed by atoms with Gasteiger partial charge in [-0.3, -0.25) is 4.68 Å². The fraction of sp³-hybridized carbons (Fsp3) is 0.400. The van der Waals surface area contributed by atoms with Crippen molar-refractivity contribution in [1.29, 1.82) is 0 Å². The number of nitrogens with one attached hydrogen (secondary N) is 1. The van der Waals surface area contributed by atoms with Crippen LogP contribution < -0.4 is 5.32 Å². The molecule has 0 aliphatic carbocycles. The summed E-state index contributed by atoms with van der Waals surface area (Å²) in [4.78, 5) is 0. The largest absolute Gasteiger partial charge is 0.308 e. The molecule has 0 saturated carbocycles. The number of aryl methyl sites for hydroxylation is 2. The first kappa shape index (κ1) is 15.7. The molecule has 5 heteroatoms. The van der Waals surface area contributed by atoms with Gasteiger partial charge in [0.15, 0.2) is 0 Å². The van der Waals surface area contributed by atoms with Crippen LogP contribution in [-0.2, 0) is 6.54 Å². The van der Waals surface area contributed by atoms with E-state index in [4.69, 9.17) is 0 Å². The lowest BCUT2D eigenvalue weighted by Gasteiger charge is -2.20. The third-order valence-corrected chi connectivity index (χ3v) is 4.30. The van der Waals surface area contributed by atoms with Gasteiger partial charge in [0.1, 0.15) is 0 Å². The van der Waals surface area contributed by atoms with Gasteiger partial charge in [-0.2, -0.15) is 5.10 Å². The summed E-state index contributed by atoms with van der Waals surface area (Å²) in [7, 11) is 1.98. The second-order valence-electron chi connectivity index (χ2n) is 4.88. The monoisotopic (exact) mass is 399 g/mol. The summed E-state index contributed by atoms with van der Waals surface area (Å²) in [5.41, 5.74) is 3.65. The van der Waals surface area contributed by atoms with E-state index in [1.54, 1.807) is 0 Å². The molecule has 2 rings (SSSR count). The Hall–Kier alpha value is -0.650. The molecule has 1 atom stereocenters. The lowest BCUT2D eigenvalue weighted by molar-refractivity contribution is 0.533. The lowest BCUT2D eigenvalue weighted by atomic mass is 10.0. The Morgan fingerprint density at radius 3 is 2.65 bits per heavy atom. The van der Waals surface area contributed by atoms with Crippen LogP contribution in [0.1, 0.15) is 36.2 Å². The van der Waals surface area contributed by atoms with Gasteiger partial charge in [-0.25, -0.2) is 0 Å². The zero-order valence-corrected chi connectivity index (χ0v) is 15.1. The van der Waals surface area contributed by atoms with E-state index in [2.05, 4.69) is 79.0 Å². The number of hydrogen-bond acceptors (Lipinski definition) is 2. The minimum absolute atomic E-state index is 0.120. The maximum Gasteiger partial charge on any atom is 0.0757 e. The molecule has 0 aliphatic rings. The second-order valence-corrected chi connectivity index (χ2v) is 6.65. The van der Waals surface area contributed by atoms with Gasteiger partial charge in [-0.05, 0) is 59.6 Å². The van der Waals surface area contributed by atoms with Crippen molar-refractivity contribution in [2.45, 2.75) is 32.9 Å². The molecule has 0 saturated heterocycles. The Morgan fingerprint density at radius 1 is 1.30 bits per heavy atom. The van der Waals surface area contributed by atoms with Crippen LogP contribution in [0.2, 0.25) is 0 Å². The first-order valence-electron chi connectivity index (χ1n) is 6.72. The van der Waals surface area contributed by atoms with Crippen molar-refractivity contribution >= 4 is 31.9 Å². The summed E-state index contributed by atoms with van der Waals surface area (Å²) in [5, 5.41) is 7.87. The zero-order chi connectivity index (χ0) is 14.7. The molecule has 108 valence electrons. The van der Waals surface area contributed by atoms with E-state index in [-0.39, 0.29) is 6.04 Å². The average Bonchev–Trinajstić information content (AvgIpc) is 2.72. The smallest absolute Gasteiger partial charge is 0.0757 e. The van der Waals surface area contributed by atoms with Crippen LogP contribution in [0, 0.1) is 6.92 Å².